The van der Waals surface area contributed by atoms with Crippen LogP contribution in [0.5, 0.6) is 5.75 Å². The Bertz CT molecular complexity index is 1080. The third-order valence-electron chi connectivity index (χ3n) is 6.45. The minimum Gasteiger partial charge on any atom is -0.405 e. The highest BCUT2D eigenvalue weighted by Gasteiger charge is 2.33. The third kappa shape index (κ3) is 7.57. The fourth-order valence-electron chi connectivity index (χ4n) is 4.65. The number of rotatable bonds is 8. The van der Waals surface area contributed by atoms with Gasteiger partial charge in [-0.3, -0.25) is 4.79 Å². The number of amides is 1. The van der Waals surface area contributed by atoms with Gasteiger partial charge in [-0.1, -0.05) is 12.5 Å². The second-order valence-corrected chi connectivity index (χ2v) is 9.14. The Hall–Kier alpha value is -3.35. The van der Waals surface area contributed by atoms with Gasteiger partial charge >= 0.3 is 6.36 Å². The molecule has 1 aromatic carbocycles. The number of benzene rings is 1. The van der Waals surface area contributed by atoms with Crippen LogP contribution in [0.15, 0.2) is 18.2 Å². The number of hydrogen-bond donors (Lipinski definition) is 3. The highest BCUT2D eigenvalue weighted by Crippen LogP contribution is 2.32. The van der Waals surface area contributed by atoms with Gasteiger partial charge in [-0.2, -0.15) is 15.0 Å². The highest BCUT2D eigenvalue weighted by molar-refractivity contribution is 5.79. The summed E-state index contributed by atoms with van der Waals surface area (Å²) in [5.41, 5.74) is 0.877. The van der Waals surface area contributed by atoms with E-state index < -0.39 is 6.36 Å². The van der Waals surface area contributed by atoms with E-state index in [1.807, 2.05) is 4.90 Å². The fourth-order valence-corrected chi connectivity index (χ4v) is 4.65. The van der Waals surface area contributed by atoms with E-state index >= 15 is 0 Å². The van der Waals surface area contributed by atoms with Crippen molar-refractivity contribution < 1.29 is 27.4 Å². The number of hydrogen-bond acceptors (Lipinski definition) is 9. The lowest BCUT2D eigenvalue weighted by Gasteiger charge is -2.30. The highest BCUT2D eigenvalue weighted by atomic mass is 19.4. The number of anilines is 3. The lowest BCUT2D eigenvalue weighted by atomic mass is 9.85. The second kappa shape index (κ2) is 11.8. The molecule has 2 aromatic rings. The average Bonchev–Trinajstić information content (AvgIpc) is 2.87. The quantitative estimate of drug-likeness (QED) is 0.480. The number of aryl methyl sites for hydroxylation is 1. The van der Waals surface area contributed by atoms with E-state index in [9.17, 15) is 18.0 Å². The Morgan fingerprint density at radius 1 is 1.16 bits per heavy atom. The predicted molar refractivity (Wildman–Crippen MR) is 131 cm³/mol. The van der Waals surface area contributed by atoms with Crippen LogP contribution in [0.4, 0.5) is 30.8 Å². The molecule has 13 heteroatoms. The molecule has 1 saturated carbocycles. The van der Waals surface area contributed by atoms with E-state index in [0.29, 0.717) is 62.6 Å². The topological polar surface area (TPSA) is 114 Å². The van der Waals surface area contributed by atoms with Crippen molar-refractivity contribution in [1.82, 2.24) is 20.3 Å². The minimum atomic E-state index is -4.84. The van der Waals surface area contributed by atoms with E-state index in [0.717, 1.165) is 12.8 Å². The van der Waals surface area contributed by atoms with Crippen molar-refractivity contribution in [3.63, 3.8) is 0 Å². The number of carbonyl (C=O) groups is 1. The van der Waals surface area contributed by atoms with Gasteiger partial charge in [0.2, 0.25) is 17.8 Å². The normalized spacial score (nSPS) is 20.3. The molecular weight excluding hydrogens is 491 g/mol. The molecule has 1 aliphatic carbocycles. The van der Waals surface area contributed by atoms with E-state index in [-0.39, 0.29) is 35.7 Å². The standard InChI is InChI=1S/C24H32F3N7O3/c1-15-30-22(28-2)33-23(31-15)32-18-5-3-4-16(12-18)21(35)29-14-17-6-7-19(34-8-10-36-11-9-34)13-20(17)37-24(25,26)27/h6-7,13,16,18H,3-5,8-12,14H2,1-2H3,(H,29,35)(H2,28,30,31,32,33). The van der Waals surface area contributed by atoms with Crippen LogP contribution in [0.3, 0.4) is 0 Å². The molecule has 1 saturated heterocycles. The van der Waals surface area contributed by atoms with Gasteiger partial charge in [0, 0.05) is 56.0 Å². The molecule has 1 aliphatic heterocycles. The van der Waals surface area contributed by atoms with E-state index in [4.69, 9.17) is 4.74 Å². The first-order valence-electron chi connectivity index (χ1n) is 12.4. The molecule has 4 rings (SSSR count). The van der Waals surface area contributed by atoms with Crippen molar-refractivity contribution in [1.29, 1.82) is 0 Å². The molecule has 2 unspecified atom stereocenters. The minimum absolute atomic E-state index is 0.00654. The van der Waals surface area contributed by atoms with E-state index in [1.165, 1.54) is 6.07 Å². The lowest BCUT2D eigenvalue weighted by Crippen LogP contribution is -2.37. The number of alkyl halides is 3. The smallest absolute Gasteiger partial charge is 0.405 e. The number of nitrogens with zero attached hydrogens (tertiary/aromatic N) is 4. The fraction of sp³-hybridized carbons (Fsp3) is 0.583. The molecule has 202 valence electrons. The van der Waals surface area contributed by atoms with E-state index in [2.05, 4.69) is 35.6 Å². The van der Waals surface area contributed by atoms with Gasteiger partial charge in [-0.25, -0.2) is 0 Å². The summed E-state index contributed by atoms with van der Waals surface area (Å²) in [6.45, 7) is 3.88. The Balaban J connectivity index is 1.38. The zero-order valence-corrected chi connectivity index (χ0v) is 20.9. The van der Waals surface area contributed by atoms with Gasteiger partial charge in [0.05, 0.1) is 13.2 Å². The summed E-state index contributed by atoms with van der Waals surface area (Å²) in [7, 11) is 1.72. The van der Waals surface area contributed by atoms with Crippen LogP contribution in [-0.4, -0.2) is 66.6 Å². The van der Waals surface area contributed by atoms with Crippen LogP contribution in [0, 0.1) is 12.8 Å². The average molecular weight is 524 g/mol. The first-order valence-corrected chi connectivity index (χ1v) is 12.4. The Morgan fingerprint density at radius 2 is 1.92 bits per heavy atom. The number of halogens is 3. The van der Waals surface area contributed by atoms with Crippen LogP contribution in [0.25, 0.3) is 0 Å². The van der Waals surface area contributed by atoms with Crippen LogP contribution in [0.2, 0.25) is 0 Å². The number of aromatic nitrogens is 3. The van der Waals surface area contributed by atoms with Crippen molar-refractivity contribution in [3.8, 4) is 5.75 Å². The maximum atomic E-state index is 13.1. The van der Waals surface area contributed by atoms with Crippen molar-refractivity contribution >= 4 is 23.5 Å². The molecule has 2 fully saturated rings. The maximum Gasteiger partial charge on any atom is 0.573 e. The lowest BCUT2D eigenvalue weighted by molar-refractivity contribution is -0.274. The first kappa shape index (κ1) is 26.7. The second-order valence-electron chi connectivity index (χ2n) is 9.14. The molecular formula is C24H32F3N7O3. The SMILES string of the molecule is CNc1nc(C)nc(NC2CCCC(C(=O)NCc3ccc(N4CCOCC4)cc3OC(F)(F)F)C2)n1. The zero-order valence-electron chi connectivity index (χ0n) is 20.9. The van der Waals surface area contributed by atoms with Crippen molar-refractivity contribution in [2.45, 2.75) is 51.6 Å². The molecule has 1 aromatic heterocycles. The molecule has 0 bridgehead atoms. The van der Waals surface area contributed by atoms with Crippen LogP contribution in [0.1, 0.15) is 37.1 Å². The van der Waals surface area contributed by atoms with Gasteiger partial charge in [-0.05, 0) is 32.3 Å². The number of morpholine rings is 1. The summed E-state index contributed by atoms with van der Waals surface area (Å²) in [5.74, 6) is 0.671. The molecule has 10 nitrogen and oxygen atoms in total. The number of carbonyl (C=O) groups excluding carboxylic acids is 1. The maximum absolute atomic E-state index is 13.1. The third-order valence-corrected chi connectivity index (χ3v) is 6.45. The zero-order chi connectivity index (χ0) is 26.4. The number of ether oxygens (including phenoxy) is 2. The van der Waals surface area contributed by atoms with E-state index in [1.54, 1.807) is 26.1 Å². The first-order chi connectivity index (χ1) is 17.7. The van der Waals surface area contributed by atoms with Crippen molar-refractivity contribution in [2.24, 2.45) is 5.92 Å². The molecule has 37 heavy (non-hydrogen) atoms. The van der Waals surface area contributed by atoms with Crippen molar-refractivity contribution in [3.05, 3.63) is 29.6 Å². The summed E-state index contributed by atoms with van der Waals surface area (Å²) in [4.78, 5) is 27.7. The van der Waals surface area contributed by atoms with Gasteiger partial charge < -0.3 is 30.3 Å². The van der Waals surface area contributed by atoms with Gasteiger partial charge in [0.15, 0.2) is 0 Å². The Labute approximate surface area is 213 Å². The predicted octanol–water partition coefficient (Wildman–Crippen LogP) is 3.24. The van der Waals surface area contributed by atoms with Crippen molar-refractivity contribution in [2.75, 3.05) is 48.9 Å². The molecule has 0 radical (unpaired) electrons. The van der Waals surface area contributed by atoms with Gasteiger partial charge in [-0.15, -0.1) is 13.2 Å². The summed E-state index contributed by atoms with van der Waals surface area (Å²) in [5, 5.41) is 8.98. The van der Waals surface area contributed by atoms with Crippen LogP contribution >= 0.6 is 0 Å². The molecule has 1 amide bonds. The summed E-state index contributed by atoms with van der Waals surface area (Å²) < 4.78 is 49.0. The molecule has 2 aliphatic rings. The largest absolute Gasteiger partial charge is 0.573 e. The van der Waals surface area contributed by atoms with Crippen LogP contribution in [-0.2, 0) is 16.1 Å². The molecule has 3 N–H and O–H groups in total. The monoisotopic (exact) mass is 523 g/mol. The Morgan fingerprint density at radius 3 is 2.65 bits per heavy atom. The number of nitrogens with one attached hydrogen (secondary N) is 3. The van der Waals surface area contributed by atoms with Gasteiger partial charge in [0.25, 0.3) is 0 Å². The summed E-state index contributed by atoms with van der Waals surface area (Å²) >= 11 is 0. The van der Waals surface area contributed by atoms with Gasteiger partial charge in [0.1, 0.15) is 11.6 Å². The summed E-state index contributed by atoms with van der Waals surface area (Å²) in [6.07, 6.45) is -1.90. The molecule has 2 heterocycles. The molecule has 2 atom stereocenters. The summed E-state index contributed by atoms with van der Waals surface area (Å²) in [6, 6.07) is 4.68. The van der Waals surface area contributed by atoms with Crippen LogP contribution < -0.4 is 25.6 Å². The Kier molecular flexibility index (Phi) is 8.52. The molecule has 0 spiro atoms.